The number of fused-ring (bicyclic) bond motifs is 1. The lowest BCUT2D eigenvalue weighted by Crippen LogP contribution is -2.35. The van der Waals surface area contributed by atoms with Crippen molar-refractivity contribution in [3.05, 3.63) is 76.5 Å². The molecule has 2 heterocycles. The number of nitrogens with one attached hydrogen (secondary N) is 2. The average Bonchev–Trinajstić information content (AvgIpc) is 3.44. The molecule has 5 nitrogen and oxygen atoms in total. The van der Waals surface area contributed by atoms with E-state index < -0.39 is 5.97 Å². The second kappa shape index (κ2) is 10.0. The van der Waals surface area contributed by atoms with E-state index >= 15 is 0 Å². The number of amides is 1. The molecule has 162 valence electrons. The number of thiocarbonyl (C=S) groups is 1. The van der Waals surface area contributed by atoms with Crippen LogP contribution >= 0.6 is 34.9 Å². The Kier molecular flexibility index (Phi) is 6.94. The highest BCUT2D eigenvalue weighted by molar-refractivity contribution is 7.80. The first-order valence-corrected chi connectivity index (χ1v) is 12.1. The second-order valence-electron chi connectivity index (χ2n) is 6.87. The number of carbonyl (C=O) groups excluding carboxylic acids is 2. The first-order chi connectivity index (χ1) is 15.6. The number of rotatable bonds is 6. The summed E-state index contributed by atoms with van der Waals surface area (Å²) in [7, 11) is 0. The summed E-state index contributed by atoms with van der Waals surface area (Å²) in [6.45, 7) is 2.03. The Morgan fingerprint density at radius 2 is 1.84 bits per heavy atom. The predicted molar refractivity (Wildman–Crippen MR) is 136 cm³/mol. The van der Waals surface area contributed by atoms with Gasteiger partial charge in [-0.2, -0.15) is 0 Å². The number of carbonyl (C=O) groups is 2. The number of thiophene rings is 2. The van der Waals surface area contributed by atoms with Gasteiger partial charge in [0.25, 0.3) is 0 Å². The maximum absolute atomic E-state index is 12.6. The third-order valence-electron chi connectivity index (χ3n) is 4.77. The van der Waals surface area contributed by atoms with Crippen LogP contribution in [0.5, 0.6) is 0 Å². The lowest BCUT2D eigenvalue weighted by atomic mass is 10.0. The van der Waals surface area contributed by atoms with Gasteiger partial charge in [0.1, 0.15) is 10.6 Å². The third kappa shape index (κ3) is 4.88. The zero-order valence-electron chi connectivity index (χ0n) is 17.2. The van der Waals surface area contributed by atoms with Crippen LogP contribution in [-0.2, 0) is 16.0 Å². The molecular formula is C24H20N2O3S3. The highest BCUT2D eigenvalue weighted by atomic mass is 32.1. The number of esters is 1. The van der Waals surface area contributed by atoms with Crippen LogP contribution in [0.1, 0.15) is 22.8 Å². The third-order valence-corrected chi connectivity index (χ3v) is 6.77. The van der Waals surface area contributed by atoms with Crippen LogP contribution in [0.2, 0.25) is 0 Å². The van der Waals surface area contributed by atoms with Gasteiger partial charge in [0.2, 0.25) is 5.91 Å². The SMILES string of the molecule is CCOC(=O)c1c(-c2cccs2)csc1NC(=S)NC(=O)Cc1cccc2ccccc12. The van der Waals surface area contributed by atoms with Crippen LogP contribution < -0.4 is 10.6 Å². The fourth-order valence-electron chi connectivity index (χ4n) is 3.39. The summed E-state index contributed by atoms with van der Waals surface area (Å²) in [5.74, 6) is -0.656. The second-order valence-corrected chi connectivity index (χ2v) is 9.10. The minimum absolute atomic E-state index is 0.139. The van der Waals surface area contributed by atoms with E-state index in [4.69, 9.17) is 17.0 Å². The highest BCUT2D eigenvalue weighted by Crippen LogP contribution is 2.38. The molecule has 0 bridgehead atoms. The lowest BCUT2D eigenvalue weighted by Gasteiger charge is -2.11. The molecule has 2 aromatic carbocycles. The van der Waals surface area contributed by atoms with Gasteiger partial charge < -0.3 is 15.4 Å². The largest absolute Gasteiger partial charge is 0.462 e. The van der Waals surface area contributed by atoms with Crippen molar-refractivity contribution in [3.63, 3.8) is 0 Å². The van der Waals surface area contributed by atoms with Gasteiger partial charge in [-0.25, -0.2) is 4.79 Å². The quantitative estimate of drug-likeness (QED) is 0.267. The van der Waals surface area contributed by atoms with E-state index in [1.54, 1.807) is 6.92 Å². The fraction of sp³-hybridized carbons (Fsp3) is 0.125. The Bertz CT molecular complexity index is 1270. The molecule has 0 saturated carbocycles. The normalized spacial score (nSPS) is 10.7. The van der Waals surface area contributed by atoms with E-state index in [0.717, 1.165) is 26.8 Å². The molecule has 0 unspecified atom stereocenters. The van der Waals surface area contributed by atoms with E-state index in [9.17, 15) is 9.59 Å². The monoisotopic (exact) mass is 480 g/mol. The molecular weight excluding hydrogens is 460 g/mol. The van der Waals surface area contributed by atoms with Crippen LogP contribution in [0.25, 0.3) is 21.2 Å². The summed E-state index contributed by atoms with van der Waals surface area (Å²) < 4.78 is 5.25. The molecule has 2 N–H and O–H groups in total. The molecule has 8 heteroatoms. The molecule has 2 aromatic heterocycles. The Morgan fingerprint density at radius 1 is 1.03 bits per heavy atom. The van der Waals surface area contributed by atoms with Crippen LogP contribution in [0.4, 0.5) is 5.00 Å². The predicted octanol–water partition coefficient (Wildman–Crippen LogP) is 5.86. The van der Waals surface area contributed by atoms with Gasteiger partial charge >= 0.3 is 5.97 Å². The van der Waals surface area contributed by atoms with Crippen molar-refractivity contribution in [2.45, 2.75) is 13.3 Å². The minimum atomic E-state index is -0.426. The van der Waals surface area contributed by atoms with Crippen molar-refractivity contribution in [3.8, 4) is 10.4 Å². The van der Waals surface area contributed by atoms with Crippen LogP contribution in [0.3, 0.4) is 0 Å². The Morgan fingerprint density at radius 3 is 2.62 bits per heavy atom. The summed E-state index contributed by atoms with van der Waals surface area (Å²) in [6, 6.07) is 17.7. The molecule has 1 amide bonds. The van der Waals surface area contributed by atoms with Gasteiger partial charge in [0.15, 0.2) is 5.11 Å². The molecule has 4 rings (SSSR count). The summed E-state index contributed by atoms with van der Waals surface area (Å²) in [4.78, 5) is 26.2. The number of anilines is 1. The molecule has 4 aromatic rings. The standard InChI is InChI=1S/C24H20N2O3S3/c1-2-29-23(28)21-18(19-11-6-12-31-19)14-32-22(21)26-24(30)25-20(27)13-16-9-5-8-15-7-3-4-10-17(15)16/h3-12,14H,2,13H2,1H3,(H2,25,26,27,30). The van der Waals surface area contributed by atoms with E-state index in [2.05, 4.69) is 10.6 Å². The maximum Gasteiger partial charge on any atom is 0.341 e. The average molecular weight is 481 g/mol. The molecule has 0 fully saturated rings. The summed E-state index contributed by atoms with van der Waals surface area (Å²) in [5.41, 5.74) is 2.13. The van der Waals surface area contributed by atoms with E-state index in [-0.39, 0.29) is 24.0 Å². The Labute approximate surface area is 199 Å². The van der Waals surface area contributed by atoms with Crippen LogP contribution in [-0.4, -0.2) is 23.6 Å². The highest BCUT2D eigenvalue weighted by Gasteiger charge is 2.23. The van der Waals surface area contributed by atoms with Crippen molar-refractivity contribution < 1.29 is 14.3 Å². The smallest absolute Gasteiger partial charge is 0.341 e. The lowest BCUT2D eigenvalue weighted by molar-refractivity contribution is -0.119. The fourth-order valence-corrected chi connectivity index (χ4v) is 5.45. The first kappa shape index (κ1) is 22.1. The van der Waals surface area contributed by atoms with Gasteiger partial charge in [-0.3, -0.25) is 4.79 Å². The van der Waals surface area contributed by atoms with Crippen molar-refractivity contribution in [2.24, 2.45) is 0 Å². The number of hydrogen-bond donors (Lipinski definition) is 2. The zero-order chi connectivity index (χ0) is 22.5. The van der Waals surface area contributed by atoms with Crippen LogP contribution in [0.15, 0.2) is 65.4 Å². The summed E-state index contributed by atoms with van der Waals surface area (Å²) in [5, 5.41) is 12.4. The maximum atomic E-state index is 12.6. The Hall–Kier alpha value is -3.07. The van der Waals surface area contributed by atoms with Gasteiger partial charge in [-0.05, 0) is 46.9 Å². The molecule has 0 aliphatic heterocycles. The molecule has 0 aliphatic carbocycles. The van der Waals surface area contributed by atoms with E-state index in [0.29, 0.717) is 10.6 Å². The van der Waals surface area contributed by atoms with Crippen molar-refractivity contribution >= 4 is 67.7 Å². The van der Waals surface area contributed by atoms with Gasteiger partial charge in [-0.15, -0.1) is 22.7 Å². The molecule has 0 atom stereocenters. The van der Waals surface area contributed by atoms with Crippen molar-refractivity contribution in [1.29, 1.82) is 0 Å². The van der Waals surface area contributed by atoms with E-state index in [1.165, 1.54) is 22.7 Å². The number of ether oxygens (including phenoxy) is 1. The van der Waals surface area contributed by atoms with Gasteiger partial charge in [0.05, 0.1) is 13.0 Å². The first-order valence-electron chi connectivity index (χ1n) is 9.96. The minimum Gasteiger partial charge on any atom is -0.462 e. The summed E-state index contributed by atoms with van der Waals surface area (Å²) in [6.07, 6.45) is 0.193. The van der Waals surface area contributed by atoms with Gasteiger partial charge in [-0.1, -0.05) is 48.5 Å². The van der Waals surface area contributed by atoms with E-state index in [1.807, 2.05) is 65.4 Å². The zero-order valence-corrected chi connectivity index (χ0v) is 19.7. The van der Waals surface area contributed by atoms with Crippen molar-refractivity contribution in [1.82, 2.24) is 5.32 Å². The molecule has 0 spiro atoms. The molecule has 0 saturated heterocycles. The summed E-state index contributed by atoms with van der Waals surface area (Å²) >= 11 is 8.24. The Balaban J connectivity index is 1.49. The number of hydrogen-bond acceptors (Lipinski definition) is 6. The van der Waals surface area contributed by atoms with Crippen LogP contribution in [0, 0.1) is 0 Å². The molecule has 0 aliphatic rings. The van der Waals surface area contributed by atoms with Crippen molar-refractivity contribution in [2.75, 3.05) is 11.9 Å². The number of benzene rings is 2. The molecule has 32 heavy (non-hydrogen) atoms. The van der Waals surface area contributed by atoms with Gasteiger partial charge in [0, 0.05) is 15.8 Å². The molecule has 0 radical (unpaired) electrons. The topological polar surface area (TPSA) is 67.4 Å².